The highest BCUT2D eigenvalue weighted by Gasteiger charge is 2.35. The van der Waals surface area contributed by atoms with Gasteiger partial charge < -0.3 is 21.5 Å². The highest BCUT2D eigenvalue weighted by atomic mass is 16.4. The molecule has 0 heterocycles. The highest BCUT2D eigenvalue weighted by molar-refractivity contribution is 5.92. The molecule has 5 N–H and O–H groups in total. The number of nitrogens with one attached hydrogen (secondary N) is 2. The third-order valence-corrected chi connectivity index (χ3v) is 4.09. The fourth-order valence-electron chi connectivity index (χ4n) is 2.16. The summed E-state index contributed by atoms with van der Waals surface area (Å²) in [5, 5.41) is 14.6. The third-order valence-electron chi connectivity index (χ3n) is 4.09. The molecule has 7 nitrogen and oxygen atoms in total. The molecular weight excluding hydrogens is 298 g/mol. The maximum atomic E-state index is 11.8. The van der Waals surface area contributed by atoms with Crippen LogP contribution >= 0.6 is 0 Å². The van der Waals surface area contributed by atoms with Crippen LogP contribution in [-0.2, 0) is 11.3 Å². The number of aliphatic carboxylic acids is 1. The molecule has 0 unspecified atom stereocenters. The average molecular weight is 321 g/mol. The van der Waals surface area contributed by atoms with Crippen LogP contribution in [0.3, 0.4) is 0 Å². The van der Waals surface area contributed by atoms with Gasteiger partial charge in [0.05, 0.1) is 5.41 Å². The molecule has 0 aliphatic heterocycles. The zero-order chi connectivity index (χ0) is 17.5. The molecule has 7 heteroatoms. The molecule has 1 aromatic carbocycles. The van der Waals surface area contributed by atoms with E-state index in [9.17, 15) is 19.5 Å². The van der Waals surface area contributed by atoms with Crippen LogP contribution in [-0.4, -0.2) is 29.6 Å². The molecule has 0 saturated carbocycles. The lowest BCUT2D eigenvalue weighted by atomic mass is 9.82. The molecule has 0 spiro atoms. The predicted octanol–water partition coefficient (Wildman–Crippen LogP) is 1.48. The molecule has 0 saturated heterocycles. The smallest absolute Gasteiger partial charge is 0.315 e. The maximum absolute atomic E-state index is 11.8. The third kappa shape index (κ3) is 4.98. The second-order valence-corrected chi connectivity index (χ2v) is 5.39. The van der Waals surface area contributed by atoms with Crippen molar-refractivity contribution in [1.29, 1.82) is 0 Å². The summed E-state index contributed by atoms with van der Waals surface area (Å²) in [6.07, 6.45) is 0.876. The van der Waals surface area contributed by atoms with Crippen LogP contribution in [0.4, 0.5) is 4.79 Å². The maximum Gasteiger partial charge on any atom is 0.315 e. The van der Waals surface area contributed by atoms with E-state index in [0.29, 0.717) is 18.4 Å². The first kappa shape index (κ1) is 18.5. The van der Waals surface area contributed by atoms with Gasteiger partial charge in [-0.1, -0.05) is 26.0 Å². The summed E-state index contributed by atoms with van der Waals surface area (Å²) in [6, 6.07) is 6.12. The van der Waals surface area contributed by atoms with Gasteiger partial charge >= 0.3 is 12.0 Å². The number of carbonyl (C=O) groups is 3. The quantitative estimate of drug-likeness (QED) is 0.579. The minimum absolute atomic E-state index is 0.0712. The van der Waals surface area contributed by atoms with Gasteiger partial charge in [-0.05, 0) is 30.5 Å². The van der Waals surface area contributed by atoms with Crippen molar-refractivity contribution in [2.24, 2.45) is 11.1 Å². The molecule has 0 aliphatic rings. The summed E-state index contributed by atoms with van der Waals surface area (Å²) in [5.41, 5.74) is 5.41. The number of benzene rings is 1. The Labute approximate surface area is 135 Å². The Kier molecular flexibility index (Phi) is 6.56. The summed E-state index contributed by atoms with van der Waals surface area (Å²) in [4.78, 5) is 34.1. The molecule has 1 rings (SSSR count). The van der Waals surface area contributed by atoms with Gasteiger partial charge in [0.1, 0.15) is 0 Å². The van der Waals surface area contributed by atoms with Crippen LogP contribution in [0, 0.1) is 5.41 Å². The van der Waals surface area contributed by atoms with Gasteiger partial charge in [-0.3, -0.25) is 9.59 Å². The van der Waals surface area contributed by atoms with Crippen molar-refractivity contribution >= 4 is 17.9 Å². The molecule has 126 valence electrons. The Bertz CT molecular complexity index is 565. The minimum atomic E-state index is -0.944. The largest absolute Gasteiger partial charge is 0.481 e. The molecule has 1 aromatic rings. The van der Waals surface area contributed by atoms with Crippen molar-refractivity contribution in [3.8, 4) is 0 Å². The molecule has 0 aromatic heterocycles. The lowest BCUT2D eigenvalue weighted by Crippen LogP contribution is -2.45. The fourth-order valence-corrected chi connectivity index (χ4v) is 2.16. The van der Waals surface area contributed by atoms with Crippen molar-refractivity contribution in [3.05, 3.63) is 35.4 Å². The number of carboxylic acids is 1. The Morgan fingerprint density at radius 3 is 2.09 bits per heavy atom. The van der Waals surface area contributed by atoms with Gasteiger partial charge in [-0.2, -0.15) is 0 Å². The Morgan fingerprint density at radius 2 is 1.65 bits per heavy atom. The molecule has 0 bridgehead atoms. The van der Waals surface area contributed by atoms with E-state index in [4.69, 9.17) is 5.73 Å². The van der Waals surface area contributed by atoms with E-state index in [2.05, 4.69) is 10.6 Å². The molecule has 0 aliphatic carbocycles. The minimum Gasteiger partial charge on any atom is -0.481 e. The number of amides is 3. The Hall–Kier alpha value is -2.57. The molecule has 0 radical (unpaired) electrons. The normalized spacial score (nSPS) is 10.9. The van der Waals surface area contributed by atoms with Crippen molar-refractivity contribution in [2.75, 3.05) is 6.54 Å². The number of hydrogen-bond donors (Lipinski definition) is 4. The second-order valence-electron chi connectivity index (χ2n) is 5.39. The first-order valence-electron chi connectivity index (χ1n) is 7.48. The highest BCUT2D eigenvalue weighted by Crippen LogP contribution is 2.25. The van der Waals surface area contributed by atoms with Gasteiger partial charge in [0, 0.05) is 18.7 Å². The van der Waals surface area contributed by atoms with E-state index in [0.717, 1.165) is 5.56 Å². The first-order chi connectivity index (χ1) is 10.8. The zero-order valence-electron chi connectivity index (χ0n) is 13.4. The van der Waals surface area contributed by atoms with Gasteiger partial charge in [-0.15, -0.1) is 0 Å². The summed E-state index contributed by atoms with van der Waals surface area (Å²) < 4.78 is 0. The van der Waals surface area contributed by atoms with E-state index < -0.39 is 23.3 Å². The van der Waals surface area contributed by atoms with Crippen molar-refractivity contribution in [2.45, 2.75) is 33.2 Å². The van der Waals surface area contributed by atoms with Crippen LogP contribution < -0.4 is 16.4 Å². The number of nitrogens with two attached hydrogens (primary N) is 1. The molecule has 23 heavy (non-hydrogen) atoms. The molecule has 3 amide bonds. The van der Waals surface area contributed by atoms with E-state index in [1.165, 1.54) is 0 Å². The van der Waals surface area contributed by atoms with Crippen molar-refractivity contribution in [1.82, 2.24) is 10.6 Å². The number of primary amides is 1. The summed E-state index contributed by atoms with van der Waals surface area (Å²) in [7, 11) is 0. The van der Waals surface area contributed by atoms with E-state index >= 15 is 0 Å². The SMILES string of the molecule is CCC(CC)(CNC(=O)NCc1ccc(C(N)=O)cc1)C(=O)O. The van der Waals surface area contributed by atoms with Gasteiger partial charge in [-0.25, -0.2) is 4.79 Å². The lowest BCUT2D eigenvalue weighted by Gasteiger charge is -2.26. The van der Waals surface area contributed by atoms with Crippen LogP contribution in [0.2, 0.25) is 0 Å². The average Bonchev–Trinajstić information content (AvgIpc) is 2.54. The lowest BCUT2D eigenvalue weighted by molar-refractivity contribution is -0.149. The number of hydrogen-bond acceptors (Lipinski definition) is 3. The van der Waals surface area contributed by atoms with Crippen LogP contribution in [0.1, 0.15) is 42.6 Å². The predicted molar refractivity (Wildman–Crippen MR) is 85.8 cm³/mol. The molecule has 0 fully saturated rings. The van der Waals surface area contributed by atoms with Gasteiger partial charge in [0.25, 0.3) is 0 Å². The molecule has 0 atom stereocenters. The number of rotatable bonds is 8. The summed E-state index contributed by atoms with van der Waals surface area (Å²) >= 11 is 0. The Balaban J connectivity index is 2.51. The fraction of sp³-hybridized carbons (Fsp3) is 0.438. The summed E-state index contributed by atoms with van der Waals surface area (Å²) in [6.45, 7) is 3.92. The standard InChI is InChI=1S/C16H23N3O4/c1-3-16(4-2,14(21)22)10-19-15(23)18-9-11-5-7-12(8-6-11)13(17)20/h5-8H,3-4,9-10H2,1-2H3,(H2,17,20)(H,21,22)(H2,18,19,23). The Morgan fingerprint density at radius 1 is 1.09 bits per heavy atom. The van der Waals surface area contributed by atoms with Crippen LogP contribution in [0.25, 0.3) is 0 Å². The number of carbonyl (C=O) groups excluding carboxylic acids is 2. The zero-order valence-corrected chi connectivity index (χ0v) is 13.4. The van der Waals surface area contributed by atoms with Crippen molar-refractivity contribution < 1.29 is 19.5 Å². The topological polar surface area (TPSA) is 122 Å². The molecular formula is C16H23N3O4. The van der Waals surface area contributed by atoms with E-state index in [1.54, 1.807) is 38.1 Å². The second kappa shape index (κ2) is 8.17. The monoisotopic (exact) mass is 321 g/mol. The van der Waals surface area contributed by atoms with Crippen molar-refractivity contribution in [3.63, 3.8) is 0 Å². The van der Waals surface area contributed by atoms with Gasteiger partial charge in [0.15, 0.2) is 0 Å². The summed E-state index contributed by atoms with van der Waals surface area (Å²) in [5.74, 6) is -1.42. The van der Waals surface area contributed by atoms with Crippen LogP contribution in [0.5, 0.6) is 0 Å². The number of carboxylic acid groups (broad SMARTS) is 1. The van der Waals surface area contributed by atoms with E-state index in [1.807, 2.05) is 0 Å². The number of urea groups is 1. The van der Waals surface area contributed by atoms with Crippen LogP contribution in [0.15, 0.2) is 24.3 Å². The van der Waals surface area contributed by atoms with Gasteiger partial charge in [0.2, 0.25) is 5.91 Å². The van der Waals surface area contributed by atoms with E-state index in [-0.39, 0.29) is 13.1 Å². The first-order valence-corrected chi connectivity index (χ1v) is 7.48.